The van der Waals surface area contributed by atoms with Crippen LogP contribution in [0.3, 0.4) is 0 Å². The number of benzene rings is 1. The van der Waals surface area contributed by atoms with E-state index >= 15 is 0 Å². The Morgan fingerprint density at radius 2 is 1.82 bits per heavy atom. The van der Waals surface area contributed by atoms with Gasteiger partial charge in [-0.15, -0.1) is 0 Å². The van der Waals surface area contributed by atoms with Crippen LogP contribution < -0.4 is 0 Å². The third-order valence-corrected chi connectivity index (χ3v) is 3.26. The van der Waals surface area contributed by atoms with Crippen LogP contribution in [-0.4, -0.2) is 11.7 Å². The highest BCUT2D eigenvalue weighted by Gasteiger charge is 2.30. The predicted octanol–water partition coefficient (Wildman–Crippen LogP) is 3.41. The molecule has 0 radical (unpaired) electrons. The summed E-state index contributed by atoms with van der Waals surface area (Å²) < 4.78 is 0. The van der Waals surface area contributed by atoms with Crippen molar-refractivity contribution in [3.8, 4) is 6.07 Å². The molecule has 0 saturated heterocycles. The van der Waals surface area contributed by atoms with Crippen LogP contribution in [0.4, 0.5) is 0 Å². The fraction of sp³-hybridized carbons (Fsp3) is 0.533. The van der Waals surface area contributed by atoms with Crippen molar-refractivity contribution in [2.75, 3.05) is 6.61 Å². The van der Waals surface area contributed by atoms with Gasteiger partial charge in [0.05, 0.1) is 11.5 Å². The molecular formula is C15H21NO. The van der Waals surface area contributed by atoms with Crippen molar-refractivity contribution in [1.29, 1.82) is 5.26 Å². The van der Waals surface area contributed by atoms with Gasteiger partial charge in [0.15, 0.2) is 0 Å². The molecule has 0 saturated carbocycles. The number of hydrogen-bond acceptors (Lipinski definition) is 2. The Labute approximate surface area is 104 Å². The molecule has 92 valence electrons. The molecule has 1 rings (SSSR count). The number of rotatable bonds is 7. The number of aliphatic hydroxyl groups excluding tert-OH is 1. The number of nitriles is 1. The van der Waals surface area contributed by atoms with Gasteiger partial charge in [0.2, 0.25) is 0 Å². The first-order valence-corrected chi connectivity index (χ1v) is 6.36. The first-order chi connectivity index (χ1) is 8.29. The van der Waals surface area contributed by atoms with Gasteiger partial charge in [0.1, 0.15) is 0 Å². The minimum atomic E-state index is -0.417. The van der Waals surface area contributed by atoms with E-state index in [0.29, 0.717) is 6.42 Å². The van der Waals surface area contributed by atoms with E-state index < -0.39 is 5.41 Å². The Kier molecular flexibility index (Phi) is 5.72. The van der Waals surface area contributed by atoms with Crippen molar-refractivity contribution in [2.45, 2.75) is 44.4 Å². The van der Waals surface area contributed by atoms with Crippen molar-refractivity contribution in [3.05, 3.63) is 35.9 Å². The largest absolute Gasteiger partial charge is 0.396 e. The standard InChI is InChI=1S/C15H21NO/c1-2-3-10-15(13-16,11-7-12-17)14-8-5-4-6-9-14/h4-6,8-9,17H,2-3,7,10-12H2,1H3/t15-/m0/s1. The van der Waals surface area contributed by atoms with Crippen LogP contribution in [0, 0.1) is 11.3 Å². The van der Waals surface area contributed by atoms with E-state index in [9.17, 15) is 5.26 Å². The molecule has 0 aliphatic heterocycles. The van der Waals surface area contributed by atoms with Crippen LogP contribution in [0.25, 0.3) is 0 Å². The molecule has 0 amide bonds. The Morgan fingerprint density at radius 1 is 1.18 bits per heavy atom. The topological polar surface area (TPSA) is 44.0 Å². The van der Waals surface area contributed by atoms with Gasteiger partial charge in [-0.25, -0.2) is 0 Å². The zero-order chi connectivity index (χ0) is 12.6. The minimum Gasteiger partial charge on any atom is -0.396 e. The van der Waals surface area contributed by atoms with Crippen LogP contribution in [0.2, 0.25) is 0 Å². The van der Waals surface area contributed by atoms with E-state index in [0.717, 1.165) is 31.2 Å². The van der Waals surface area contributed by atoms with Crippen molar-refractivity contribution in [1.82, 2.24) is 0 Å². The quantitative estimate of drug-likeness (QED) is 0.781. The summed E-state index contributed by atoms with van der Waals surface area (Å²) >= 11 is 0. The molecule has 2 heteroatoms. The van der Waals surface area contributed by atoms with Gasteiger partial charge in [-0.05, 0) is 24.8 Å². The zero-order valence-corrected chi connectivity index (χ0v) is 10.5. The second-order valence-corrected chi connectivity index (χ2v) is 4.49. The Hall–Kier alpha value is -1.33. The summed E-state index contributed by atoms with van der Waals surface area (Å²) in [6, 6.07) is 12.5. The van der Waals surface area contributed by atoms with Crippen LogP contribution in [0.1, 0.15) is 44.6 Å². The highest BCUT2D eigenvalue weighted by molar-refractivity contribution is 5.32. The molecule has 0 fully saturated rings. The molecule has 1 aromatic rings. The van der Waals surface area contributed by atoms with E-state index in [1.165, 1.54) is 0 Å². The summed E-state index contributed by atoms with van der Waals surface area (Å²) in [5.74, 6) is 0. The molecule has 1 atom stereocenters. The zero-order valence-electron chi connectivity index (χ0n) is 10.5. The maximum Gasteiger partial charge on any atom is 0.0823 e. The van der Waals surface area contributed by atoms with Crippen molar-refractivity contribution in [3.63, 3.8) is 0 Å². The van der Waals surface area contributed by atoms with Crippen LogP contribution in [0.5, 0.6) is 0 Å². The molecule has 1 N–H and O–H groups in total. The van der Waals surface area contributed by atoms with Gasteiger partial charge in [0.25, 0.3) is 0 Å². The molecule has 0 spiro atoms. The van der Waals surface area contributed by atoms with Crippen LogP contribution in [0.15, 0.2) is 30.3 Å². The predicted molar refractivity (Wildman–Crippen MR) is 69.6 cm³/mol. The molecule has 0 heterocycles. The maximum absolute atomic E-state index is 9.55. The third-order valence-electron chi connectivity index (χ3n) is 3.26. The average molecular weight is 231 g/mol. The minimum absolute atomic E-state index is 0.155. The van der Waals surface area contributed by atoms with Gasteiger partial charge in [-0.2, -0.15) is 5.26 Å². The van der Waals surface area contributed by atoms with Gasteiger partial charge < -0.3 is 5.11 Å². The second-order valence-electron chi connectivity index (χ2n) is 4.49. The van der Waals surface area contributed by atoms with E-state index in [1.54, 1.807) is 0 Å². The van der Waals surface area contributed by atoms with Crippen molar-refractivity contribution >= 4 is 0 Å². The number of aliphatic hydroxyl groups is 1. The van der Waals surface area contributed by atoms with E-state index in [-0.39, 0.29) is 6.61 Å². The van der Waals surface area contributed by atoms with Crippen LogP contribution in [-0.2, 0) is 5.41 Å². The lowest BCUT2D eigenvalue weighted by Crippen LogP contribution is -2.24. The molecule has 1 aromatic carbocycles. The molecule has 0 aliphatic rings. The van der Waals surface area contributed by atoms with Gasteiger partial charge in [-0.3, -0.25) is 0 Å². The molecule has 0 aliphatic carbocycles. The van der Waals surface area contributed by atoms with Crippen LogP contribution >= 0.6 is 0 Å². The molecule has 17 heavy (non-hydrogen) atoms. The highest BCUT2D eigenvalue weighted by atomic mass is 16.2. The number of unbranched alkanes of at least 4 members (excludes halogenated alkanes) is 1. The lowest BCUT2D eigenvalue weighted by molar-refractivity contribution is 0.268. The average Bonchev–Trinajstić information content (AvgIpc) is 2.41. The van der Waals surface area contributed by atoms with Crippen molar-refractivity contribution < 1.29 is 5.11 Å². The first-order valence-electron chi connectivity index (χ1n) is 6.36. The molecule has 0 bridgehead atoms. The lowest BCUT2D eigenvalue weighted by Gasteiger charge is -2.27. The van der Waals surface area contributed by atoms with E-state index in [2.05, 4.69) is 13.0 Å². The van der Waals surface area contributed by atoms with Crippen molar-refractivity contribution in [2.24, 2.45) is 0 Å². The van der Waals surface area contributed by atoms with Gasteiger partial charge >= 0.3 is 0 Å². The summed E-state index contributed by atoms with van der Waals surface area (Å²) in [6.45, 7) is 2.29. The van der Waals surface area contributed by atoms with Gasteiger partial charge in [-0.1, -0.05) is 50.1 Å². The van der Waals surface area contributed by atoms with Gasteiger partial charge in [0, 0.05) is 6.61 Å². The first kappa shape index (κ1) is 13.7. The summed E-state index contributed by atoms with van der Waals surface area (Å²) in [5.41, 5.74) is 0.671. The van der Waals surface area contributed by atoms with E-state index in [1.807, 2.05) is 30.3 Å². The summed E-state index contributed by atoms with van der Waals surface area (Å²) in [6.07, 6.45) is 4.45. The number of hydrogen-bond donors (Lipinski definition) is 1. The highest BCUT2D eigenvalue weighted by Crippen LogP contribution is 2.34. The SMILES string of the molecule is CCCC[C@@](C#N)(CCCO)c1ccccc1. The normalized spacial score (nSPS) is 13.9. The monoisotopic (exact) mass is 231 g/mol. The fourth-order valence-electron chi connectivity index (χ4n) is 2.21. The summed E-state index contributed by atoms with van der Waals surface area (Å²) in [5, 5.41) is 18.5. The fourth-order valence-corrected chi connectivity index (χ4v) is 2.21. The molecule has 2 nitrogen and oxygen atoms in total. The number of nitrogens with zero attached hydrogens (tertiary/aromatic N) is 1. The molecular weight excluding hydrogens is 210 g/mol. The molecule has 0 unspecified atom stereocenters. The third kappa shape index (κ3) is 3.57. The Bertz CT molecular complexity index is 345. The summed E-state index contributed by atoms with van der Waals surface area (Å²) in [7, 11) is 0. The maximum atomic E-state index is 9.55. The van der Waals surface area contributed by atoms with E-state index in [4.69, 9.17) is 5.11 Å². The molecule has 0 aromatic heterocycles. The Balaban J connectivity index is 2.94. The second kappa shape index (κ2) is 7.09. The smallest absolute Gasteiger partial charge is 0.0823 e. The summed E-state index contributed by atoms with van der Waals surface area (Å²) in [4.78, 5) is 0. The Morgan fingerprint density at radius 3 is 2.35 bits per heavy atom. The lowest BCUT2D eigenvalue weighted by atomic mass is 9.74.